The van der Waals surface area contributed by atoms with Crippen LogP contribution in [0.4, 0.5) is 13.2 Å². The van der Waals surface area contributed by atoms with Crippen LogP contribution in [0.15, 0.2) is 11.4 Å². The van der Waals surface area contributed by atoms with Crippen molar-refractivity contribution in [3.63, 3.8) is 0 Å². The molecule has 1 atom stereocenters. The maximum absolute atomic E-state index is 12.5. The number of alkyl halides is 3. The monoisotopic (exact) mass is 318 g/mol. The van der Waals surface area contributed by atoms with Crippen molar-refractivity contribution in [3.8, 4) is 0 Å². The summed E-state index contributed by atoms with van der Waals surface area (Å²) >= 11 is 1.63. The van der Waals surface area contributed by atoms with Gasteiger partial charge in [0.15, 0.2) is 5.69 Å². The van der Waals surface area contributed by atoms with Crippen LogP contribution in [0.1, 0.15) is 42.0 Å². The highest BCUT2D eigenvalue weighted by molar-refractivity contribution is 7.09. The Morgan fingerprint density at radius 2 is 2.19 bits per heavy atom. The van der Waals surface area contributed by atoms with Gasteiger partial charge in [0.05, 0.1) is 16.4 Å². The molecule has 0 radical (unpaired) electrons. The summed E-state index contributed by atoms with van der Waals surface area (Å²) in [5.74, 6) is 0. The van der Waals surface area contributed by atoms with Crippen molar-refractivity contribution >= 4 is 11.3 Å². The van der Waals surface area contributed by atoms with Crippen molar-refractivity contribution in [2.45, 2.75) is 38.9 Å². The third-order valence-corrected chi connectivity index (χ3v) is 4.13. The largest absolute Gasteiger partial charge is 0.435 e. The van der Waals surface area contributed by atoms with E-state index in [0.29, 0.717) is 12.2 Å². The van der Waals surface area contributed by atoms with Crippen molar-refractivity contribution in [1.82, 2.24) is 20.5 Å². The van der Waals surface area contributed by atoms with Crippen LogP contribution in [-0.2, 0) is 19.0 Å². The van der Waals surface area contributed by atoms with Crippen LogP contribution < -0.4 is 5.32 Å². The zero-order valence-electron chi connectivity index (χ0n) is 11.8. The van der Waals surface area contributed by atoms with Crippen LogP contribution in [0.5, 0.6) is 0 Å². The van der Waals surface area contributed by atoms with E-state index in [0.717, 1.165) is 29.6 Å². The molecular weight excluding hydrogens is 301 g/mol. The van der Waals surface area contributed by atoms with Crippen LogP contribution in [0.2, 0.25) is 0 Å². The van der Waals surface area contributed by atoms with Gasteiger partial charge in [0.2, 0.25) is 0 Å². The van der Waals surface area contributed by atoms with Gasteiger partial charge < -0.3 is 5.32 Å². The number of halogens is 3. The number of aryl methyl sites for hydroxylation is 1. The lowest BCUT2D eigenvalue weighted by Crippen LogP contribution is -2.21. The topological polar surface area (TPSA) is 53.6 Å². The summed E-state index contributed by atoms with van der Waals surface area (Å²) in [5, 5.41) is 12.0. The van der Waals surface area contributed by atoms with Gasteiger partial charge in [-0.1, -0.05) is 6.92 Å². The van der Waals surface area contributed by atoms with Crippen molar-refractivity contribution < 1.29 is 13.2 Å². The maximum Gasteiger partial charge on any atom is 0.435 e. The summed E-state index contributed by atoms with van der Waals surface area (Å²) in [6.45, 7) is 4.50. The number of hydrogen-bond acceptors (Lipinski definition) is 4. The minimum absolute atomic E-state index is 0.224. The lowest BCUT2D eigenvalue weighted by atomic mass is 10.2. The highest BCUT2D eigenvalue weighted by Crippen LogP contribution is 2.28. The molecule has 2 aromatic rings. The summed E-state index contributed by atoms with van der Waals surface area (Å²) in [5.41, 5.74) is 0.547. The molecule has 0 aromatic carbocycles. The second-order valence-electron chi connectivity index (χ2n) is 4.72. The number of nitrogens with one attached hydrogen (secondary N) is 2. The maximum atomic E-state index is 12.5. The van der Waals surface area contributed by atoms with Crippen LogP contribution in [0, 0.1) is 0 Å². The molecule has 2 N–H and O–H groups in total. The molecule has 2 heterocycles. The fourth-order valence-electron chi connectivity index (χ4n) is 1.86. The zero-order chi connectivity index (χ0) is 15.5. The Morgan fingerprint density at radius 3 is 2.76 bits per heavy atom. The van der Waals surface area contributed by atoms with Gasteiger partial charge in [-0.3, -0.25) is 5.10 Å². The molecule has 116 valence electrons. The average molecular weight is 318 g/mol. The van der Waals surface area contributed by atoms with E-state index in [4.69, 9.17) is 0 Å². The molecule has 21 heavy (non-hydrogen) atoms. The van der Waals surface area contributed by atoms with Crippen LogP contribution in [-0.4, -0.2) is 21.7 Å². The van der Waals surface area contributed by atoms with Gasteiger partial charge in [0.25, 0.3) is 0 Å². The third-order valence-electron chi connectivity index (χ3n) is 3.09. The molecule has 0 aliphatic heterocycles. The summed E-state index contributed by atoms with van der Waals surface area (Å²) in [6, 6.07) is 0.813. The zero-order valence-corrected chi connectivity index (χ0v) is 12.6. The van der Waals surface area contributed by atoms with E-state index in [1.165, 1.54) is 0 Å². The van der Waals surface area contributed by atoms with Crippen LogP contribution >= 0.6 is 11.3 Å². The van der Waals surface area contributed by atoms with E-state index in [-0.39, 0.29) is 6.04 Å². The van der Waals surface area contributed by atoms with E-state index < -0.39 is 11.9 Å². The Hall–Kier alpha value is -1.41. The van der Waals surface area contributed by atoms with E-state index in [1.54, 1.807) is 18.3 Å². The number of hydrogen-bond donors (Lipinski definition) is 2. The highest BCUT2D eigenvalue weighted by Gasteiger charge is 2.34. The number of nitrogens with zero attached hydrogens (tertiary/aromatic N) is 2. The van der Waals surface area contributed by atoms with E-state index in [9.17, 15) is 13.2 Å². The molecule has 0 bridgehead atoms. The first-order chi connectivity index (χ1) is 9.90. The van der Waals surface area contributed by atoms with Gasteiger partial charge >= 0.3 is 6.18 Å². The minimum Gasteiger partial charge on any atom is -0.308 e. The van der Waals surface area contributed by atoms with E-state index in [1.807, 2.05) is 5.38 Å². The van der Waals surface area contributed by atoms with Gasteiger partial charge in [0, 0.05) is 24.4 Å². The Balaban J connectivity index is 1.84. The molecule has 0 aliphatic carbocycles. The van der Waals surface area contributed by atoms with E-state index in [2.05, 4.69) is 27.4 Å². The molecule has 2 aromatic heterocycles. The standard InChI is InChI=1S/C13H17F3N4S/c1-3-12-18-9(7-21-12)4-5-17-8(2)10-6-11(20-19-10)13(14,15)16/h6-8,17H,3-5H2,1-2H3,(H,19,20). The predicted molar refractivity (Wildman–Crippen MR) is 75.2 cm³/mol. The number of H-pyrrole nitrogens is 1. The molecule has 2 rings (SSSR count). The average Bonchev–Trinajstić information content (AvgIpc) is 3.07. The van der Waals surface area contributed by atoms with Gasteiger partial charge in [-0.15, -0.1) is 11.3 Å². The van der Waals surface area contributed by atoms with Crippen molar-refractivity contribution in [2.75, 3.05) is 6.54 Å². The molecule has 8 heteroatoms. The fourth-order valence-corrected chi connectivity index (χ4v) is 2.64. The smallest absolute Gasteiger partial charge is 0.308 e. The lowest BCUT2D eigenvalue weighted by molar-refractivity contribution is -0.141. The Morgan fingerprint density at radius 1 is 1.43 bits per heavy atom. The number of rotatable bonds is 6. The molecule has 0 spiro atoms. The van der Waals surface area contributed by atoms with Crippen molar-refractivity contribution in [3.05, 3.63) is 33.5 Å². The Kier molecular flexibility index (Phi) is 5.00. The summed E-state index contributed by atoms with van der Waals surface area (Å²) in [7, 11) is 0. The quantitative estimate of drug-likeness (QED) is 0.859. The summed E-state index contributed by atoms with van der Waals surface area (Å²) < 4.78 is 37.4. The molecule has 0 fully saturated rings. The fraction of sp³-hybridized carbons (Fsp3) is 0.538. The second kappa shape index (κ2) is 6.57. The summed E-state index contributed by atoms with van der Waals surface area (Å²) in [6.07, 6.45) is -2.74. The SMILES string of the molecule is CCc1nc(CCNC(C)c2cc(C(F)(F)F)n[nH]2)cs1. The molecule has 0 saturated heterocycles. The number of aromatic amines is 1. The van der Waals surface area contributed by atoms with Crippen LogP contribution in [0.25, 0.3) is 0 Å². The minimum atomic E-state index is -4.41. The van der Waals surface area contributed by atoms with Crippen molar-refractivity contribution in [1.29, 1.82) is 0 Å². The first-order valence-corrected chi connectivity index (χ1v) is 7.57. The number of thiazole rings is 1. The van der Waals surface area contributed by atoms with Crippen molar-refractivity contribution in [2.24, 2.45) is 0 Å². The van der Waals surface area contributed by atoms with Crippen LogP contribution in [0.3, 0.4) is 0 Å². The Labute approximate surface area is 124 Å². The molecule has 1 unspecified atom stereocenters. The molecule has 0 aliphatic rings. The van der Waals surface area contributed by atoms with E-state index >= 15 is 0 Å². The Bertz CT molecular complexity index is 576. The normalized spacial score (nSPS) is 13.6. The molecular formula is C13H17F3N4S. The van der Waals surface area contributed by atoms with Gasteiger partial charge in [-0.25, -0.2) is 4.98 Å². The summed E-state index contributed by atoms with van der Waals surface area (Å²) in [4.78, 5) is 4.44. The first-order valence-electron chi connectivity index (χ1n) is 6.69. The van der Waals surface area contributed by atoms with Gasteiger partial charge in [-0.2, -0.15) is 18.3 Å². The predicted octanol–water partition coefficient (Wildman–Crippen LogP) is 3.34. The molecule has 0 saturated carbocycles. The number of aromatic nitrogens is 3. The molecule has 4 nitrogen and oxygen atoms in total. The third kappa shape index (κ3) is 4.28. The molecule has 0 amide bonds. The second-order valence-corrected chi connectivity index (χ2v) is 5.66. The highest BCUT2D eigenvalue weighted by atomic mass is 32.1. The lowest BCUT2D eigenvalue weighted by Gasteiger charge is -2.10. The van der Waals surface area contributed by atoms with Gasteiger partial charge in [-0.05, 0) is 19.4 Å². The first kappa shape index (κ1) is 16.0. The van der Waals surface area contributed by atoms with Gasteiger partial charge in [0.1, 0.15) is 0 Å².